The van der Waals surface area contributed by atoms with Gasteiger partial charge in [0.15, 0.2) is 0 Å². The number of nitrogens with one attached hydrogen (secondary N) is 1. The Morgan fingerprint density at radius 2 is 1.81 bits per heavy atom. The zero-order chi connectivity index (χ0) is 15.7. The Bertz CT molecular complexity index is 713. The van der Waals surface area contributed by atoms with E-state index in [0.717, 1.165) is 18.2 Å². The summed E-state index contributed by atoms with van der Waals surface area (Å²) >= 11 is 8.87. The number of amides is 1. The molecule has 0 unspecified atom stereocenters. The highest BCUT2D eigenvalue weighted by Gasteiger charge is 2.17. The van der Waals surface area contributed by atoms with E-state index in [-0.39, 0.29) is 26.3 Å². The second kappa shape index (κ2) is 6.07. The molecule has 2 nitrogen and oxygen atoms in total. The summed E-state index contributed by atoms with van der Waals surface area (Å²) in [5, 5.41) is 2.32. The van der Waals surface area contributed by atoms with Crippen LogP contribution in [0.4, 0.5) is 18.9 Å². The van der Waals surface area contributed by atoms with Gasteiger partial charge in [-0.15, -0.1) is 0 Å². The van der Waals surface area contributed by atoms with Crippen molar-refractivity contribution in [2.75, 3.05) is 5.32 Å². The quantitative estimate of drug-likeness (QED) is 0.776. The van der Waals surface area contributed by atoms with Gasteiger partial charge in [-0.1, -0.05) is 11.6 Å². The van der Waals surface area contributed by atoms with Crippen molar-refractivity contribution < 1.29 is 18.0 Å². The molecule has 0 saturated carbocycles. The highest BCUT2D eigenvalue weighted by atomic mass is 79.9. The summed E-state index contributed by atoms with van der Waals surface area (Å²) in [4.78, 5) is 12.0. The van der Waals surface area contributed by atoms with E-state index in [2.05, 4.69) is 21.2 Å². The number of rotatable bonds is 2. The Morgan fingerprint density at radius 3 is 2.43 bits per heavy atom. The van der Waals surface area contributed by atoms with Crippen molar-refractivity contribution in [3.8, 4) is 0 Å². The van der Waals surface area contributed by atoms with E-state index >= 15 is 0 Å². The summed E-state index contributed by atoms with van der Waals surface area (Å²) in [5.41, 5.74) is -0.101. The lowest BCUT2D eigenvalue weighted by molar-refractivity contribution is 0.102. The first-order valence-corrected chi connectivity index (χ1v) is 6.88. The maximum atomic E-state index is 13.6. The maximum absolute atomic E-state index is 13.6. The molecule has 0 aromatic heterocycles. The molecule has 1 amide bonds. The van der Waals surface area contributed by atoms with Gasteiger partial charge in [0.1, 0.15) is 17.5 Å². The number of aryl methyl sites for hydroxylation is 1. The number of carbonyl (C=O) groups is 1. The summed E-state index contributed by atoms with van der Waals surface area (Å²) in [6.45, 7) is 1.41. The van der Waals surface area contributed by atoms with Gasteiger partial charge in [-0.05, 0) is 46.6 Å². The SMILES string of the molecule is Cc1cc(C(=O)Nc2c(Cl)cc(F)cc2Br)c(F)cc1F. The van der Waals surface area contributed by atoms with Crippen LogP contribution in [-0.2, 0) is 0 Å². The van der Waals surface area contributed by atoms with Crippen LogP contribution in [0, 0.1) is 24.4 Å². The minimum absolute atomic E-state index is 0.0468. The lowest BCUT2D eigenvalue weighted by Gasteiger charge is -2.11. The van der Waals surface area contributed by atoms with Gasteiger partial charge in [0, 0.05) is 10.5 Å². The molecule has 0 fully saturated rings. The minimum atomic E-state index is -0.995. The predicted molar refractivity (Wildman–Crippen MR) is 78.2 cm³/mol. The van der Waals surface area contributed by atoms with Crippen molar-refractivity contribution >= 4 is 39.1 Å². The maximum Gasteiger partial charge on any atom is 0.258 e. The third-order valence-electron chi connectivity index (χ3n) is 2.74. The molecule has 0 saturated heterocycles. The summed E-state index contributed by atoms with van der Waals surface area (Å²) in [7, 11) is 0. The van der Waals surface area contributed by atoms with E-state index in [4.69, 9.17) is 11.6 Å². The van der Waals surface area contributed by atoms with Crippen LogP contribution in [0.5, 0.6) is 0 Å². The zero-order valence-corrected chi connectivity index (χ0v) is 12.9. The Hall–Kier alpha value is -1.53. The van der Waals surface area contributed by atoms with E-state index in [1.165, 1.54) is 6.92 Å². The van der Waals surface area contributed by atoms with Gasteiger partial charge >= 0.3 is 0 Å². The summed E-state index contributed by atoms with van der Waals surface area (Å²) in [6.07, 6.45) is 0. The highest BCUT2D eigenvalue weighted by molar-refractivity contribution is 9.10. The normalized spacial score (nSPS) is 10.6. The molecule has 1 N–H and O–H groups in total. The number of halogens is 5. The number of anilines is 1. The number of benzene rings is 2. The molecule has 110 valence electrons. The largest absolute Gasteiger partial charge is 0.320 e. The Labute approximate surface area is 132 Å². The average molecular weight is 379 g/mol. The van der Waals surface area contributed by atoms with Crippen molar-refractivity contribution in [2.24, 2.45) is 0 Å². The molecular weight excluding hydrogens is 371 g/mol. The molecule has 0 atom stereocenters. The second-order valence-electron chi connectivity index (χ2n) is 4.28. The van der Waals surface area contributed by atoms with Crippen LogP contribution in [-0.4, -0.2) is 5.91 Å². The summed E-state index contributed by atoms with van der Waals surface area (Å²) in [6, 6.07) is 3.83. The van der Waals surface area contributed by atoms with Crippen LogP contribution in [0.1, 0.15) is 15.9 Å². The van der Waals surface area contributed by atoms with E-state index in [0.29, 0.717) is 6.07 Å². The fourth-order valence-electron chi connectivity index (χ4n) is 1.67. The molecule has 21 heavy (non-hydrogen) atoms. The van der Waals surface area contributed by atoms with Gasteiger partial charge in [0.2, 0.25) is 0 Å². The third kappa shape index (κ3) is 3.39. The third-order valence-corrected chi connectivity index (χ3v) is 3.66. The molecule has 2 aromatic rings. The number of hydrogen-bond donors (Lipinski definition) is 1. The van der Waals surface area contributed by atoms with Gasteiger partial charge in [-0.3, -0.25) is 4.79 Å². The number of hydrogen-bond acceptors (Lipinski definition) is 1. The van der Waals surface area contributed by atoms with Crippen LogP contribution >= 0.6 is 27.5 Å². The lowest BCUT2D eigenvalue weighted by atomic mass is 10.1. The first-order chi connectivity index (χ1) is 9.79. The van der Waals surface area contributed by atoms with E-state index in [9.17, 15) is 18.0 Å². The monoisotopic (exact) mass is 377 g/mol. The first kappa shape index (κ1) is 15.9. The van der Waals surface area contributed by atoms with Crippen molar-refractivity contribution in [3.05, 3.63) is 62.3 Å². The molecule has 0 aliphatic carbocycles. The van der Waals surface area contributed by atoms with Crippen LogP contribution in [0.2, 0.25) is 5.02 Å². The van der Waals surface area contributed by atoms with E-state index in [1.54, 1.807) is 0 Å². The molecule has 7 heteroatoms. The highest BCUT2D eigenvalue weighted by Crippen LogP contribution is 2.32. The first-order valence-electron chi connectivity index (χ1n) is 5.71. The Kier molecular flexibility index (Phi) is 4.58. The Balaban J connectivity index is 2.37. The van der Waals surface area contributed by atoms with Gasteiger partial charge in [-0.2, -0.15) is 0 Å². The topological polar surface area (TPSA) is 29.1 Å². The fourth-order valence-corrected chi connectivity index (χ4v) is 2.57. The average Bonchev–Trinajstić information content (AvgIpc) is 2.37. The molecule has 0 spiro atoms. The molecule has 0 radical (unpaired) electrons. The van der Waals surface area contributed by atoms with Crippen LogP contribution in [0.3, 0.4) is 0 Å². The van der Waals surface area contributed by atoms with Gasteiger partial charge in [0.05, 0.1) is 16.3 Å². The van der Waals surface area contributed by atoms with Crippen LogP contribution < -0.4 is 5.32 Å². The van der Waals surface area contributed by atoms with Crippen molar-refractivity contribution in [1.82, 2.24) is 0 Å². The van der Waals surface area contributed by atoms with Crippen molar-refractivity contribution in [1.29, 1.82) is 0 Å². The molecule has 0 bridgehead atoms. The van der Waals surface area contributed by atoms with Crippen molar-refractivity contribution in [3.63, 3.8) is 0 Å². The number of carbonyl (C=O) groups excluding carboxylic acids is 1. The molecule has 0 aliphatic heterocycles. The lowest BCUT2D eigenvalue weighted by Crippen LogP contribution is -2.15. The Morgan fingerprint density at radius 1 is 1.14 bits per heavy atom. The van der Waals surface area contributed by atoms with Gasteiger partial charge in [0.25, 0.3) is 5.91 Å². The standard InChI is InChI=1S/C14H8BrClF3NO/c1-6-2-8(12(19)5-11(6)18)14(21)20-13-9(15)3-7(17)4-10(13)16/h2-5H,1H3,(H,20,21). The minimum Gasteiger partial charge on any atom is -0.320 e. The van der Waals surface area contributed by atoms with Gasteiger partial charge < -0.3 is 5.32 Å². The van der Waals surface area contributed by atoms with Crippen LogP contribution in [0.25, 0.3) is 0 Å². The van der Waals surface area contributed by atoms with Crippen LogP contribution in [0.15, 0.2) is 28.7 Å². The smallest absolute Gasteiger partial charge is 0.258 e. The predicted octanol–water partition coefficient (Wildman–Crippen LogP) is 5.08. The molecule has 0 heterocycles. The molecule has 0 aliphatic rings. The second-order valence-corrected chi connectivity index (χ2v) is 5.54. The molecular formula is C14H8BrClF3NO. The van der Waals surface area contributed by atoms with Gasteiger partial charge in [-0.25, -0.2) is 13.2 Å². The van der Waals surface area contributed by atoms with Crippen molar-refractivity contribution in [2.45, 2.75) is 6.92 Å². The molecule has 2 aromatic carbocycles. The summed E-state index contributed by atoms with van der Waals surface area (Å²) in [5.74, 6) is -3.14. The van der Waals surface area contributed by atoms with E-state index < -0.39 is 23.4 Å². The summed E-state index contributed by atoms with van der Waals surface area (Å²) < 4.78 is 40.1. The fraction of sp³-hybridized carbons (Fsp3) is 0.0714. The van der Waals surface area contributed by atoms with E-state index in [1.807, 2.05) is 0 Å². The molecule has 2 rings (SSSR count). The zero-order valence-electron chi connectivity index (χ0n) is 10.6.